The average molecular weight is 899 g/mol. The molecule has 0 heterocycles. The largest absolute Gasteiger partial charge is 0.472 e. The molecule has 1 unspecified atom stereocenters. The topological polar surface area (TPSA) is 108 Å². The monoisotopic (exact) mass is 899 g/mol. The van der Waals surface area contributed by atoms with Crippen molar-refractivity contribution in [3.8, 4) is 0 Å². The molecule has 0 aliphatic rings. The summed E-state index contributed by atoms with van der Waals surface area (Å²) < 4.78 is 34.5. The Bertz CT molecular complexity index is 1110. The van der Waals surface area contributed by atoms with E-state index in [0.29, 0.717) is 17.4 Å². The zero-order valence-corrected chi connectivity index (χ0v) is 42.3. The number of esters is 2. The number of ether oxygens (including phenoxy) is 2. The van der Waals surface area contributed by atoms with Crippen molar-refractivity contribution in [1.29, 1.82) is 0 Å². The van der Waals surface area contributed by atoms with E-state index in [2.05, 4.69) is 38.2 Å². The molecule has 0 aromatic carbocycles. The van der Waals surface area contributed by atoms with Crippen LogP contribution >= 0.6 is 7.82 Å². The van der Waals surface area contributed by atoms with Crippen LogP contribution < -0.4 is 0 Å². The van der Waals surface area contributed by atoms with Crippen molar-refractivity contribution in [2.45, 2.75) is 251 Å². The molecule has 0 saturated heterocycles. The van der Waals surface area contributed by atoms with E-state index < -0.39 is 26.5 Å². The first kappa shape index (κ1) is 60.5. The summed E-state index contributed by atoms with van der Waals surface area (Å²) in [6.07, 6.45) is 50.8. The number of quaternary nitrogens is 1. The highest BCUT2D eigenvalue weighted by atomic mass is 31.2. The van der Waals surface area contributed by atoms with Crippen LogP contribution in [0.15, 0.2) is 24.3 Å². The van der Waals surface area contributed by atoms with Crippen LogP contribution in [0.1, 0.15) is 245 Å². The minimum absolute atomic E-state index is 0.0317. The fraction of sp³-hybridized carbons (Fsp3) is 0.885. The number of carbonyl (C=O) groups excluding carboxylic acids is 2. The molecule has 2 atom stereocenters. The third-order valence-electron chi connectivity index (χ3n) is 11.5. The zero-order chi connectivity index (χ0) is 45.7. The second-order valence-electron chi connectivity index (χ2n) is 18.9. The molecule has 0 rings (SSSR count). The van der Waals surface area contributed by atoms with E-state index in [-0.39, 0.29) is 32.0 Å². The lowest BCUT2D eigenvalue weighted by Gasteiger charge is -2.24. The predicted molar refractivity (Wildman–Crippen MR) is 261 cm³/mol. The lowest BCUT2D eigenvalue weighted by molar-refractivity contribution is -0.870. The second kappa shape index (κ2) is 44.7. The van der Waals surface area contributed by atoms with Crippen molar-refractivity contribution in [1.82, 2.24) is 0 Å². The molecular formula is C52H101NO8P+. The van der Waals surface area contributed by atoms with E-state index in [1.165, 1.54) is 167 Å². The van der Waals surface area contributed by atoms with Gasteiger partial charge in [-0.05, 0) is 64.2 Å². The van der Waals surface area contributed by atoms with Gasteiger partial charge in [-0.25, -0.2) is 4.57 Å². The number of carbonyl (C=O) groups is 2. The molecule has 62 heavy (non-hydrogen) atoms. The molecule has 366 valence electrons. The maximum Gasteiger partial charge on any atom is 0.472 e. The number of hydrogen-bond acceptors (Lipinski definition) is 7. The quantitative estimate of drug-likeness (QED) is 0.0211. The summed E-state index contributed by atoms with van der Waals surface area (Å²) in [6, 6.07) is 0. The van der Waals surface area contributed by atoms with Gasteiger partial charge in [0.25, 0.3) is 0 Å². The molecule has 0 aliphatic carbocycles. The van der Waals surface area contributed by atoms with Gasteiger partial charge in [-0.1, -0.05) is 192 Å². The minimum Gasteiger partial charge on any atom is -0.462 e. The average Bonchev–Trinajstić information content (AvgIpc) is 3.23. The van der Waals surface area contributed by atoms with Gasteiger partial charge in [0, 0.05) is 12.8 Å². The highest BCUT2D eigenvalue weighted by Crippen LogP contribution is 2.43. The van der Waals surface area contributed by atoms with Crippen LogP contribution in [0.5, 0.6) is 0 Å². The van der Waals surface area contributed by atoms with Crippen molar-refractivity contribution in [2.75, 3.05) is 47.5 Å². The Kier molecular flexibility index (Phi) is 43.6. The number of likely N-dealkylation sites (N-methyl/N-ethyl adjacent to an activating group) is 1. The van der Waals surface area contributed by atoms with Crippen LogP contribution in [0, 0.1) is 0 Å². The lowest BCUT2D eigenvalue weighted by atomic mass is 10.1. The molecule has 0 aromatic heterocycles. The van der Waals surface area contributed by atoms with Crippen LogP contribution in [0.25, 0.3) is 0 Å². The normalized spacial score (nSPS) is 13.6. The van der Waals surface area contributed by atoms with E-state index in [4.69, 9.17) is 18.5 Å². The number of rotatable bonds is 48. The highest BCUT2D eigenvalue weighted by Gasteiger charge is 2.27. The third-order valence-corrected chi connectivity index (χ3v) is 12.4. The molecule has 0 aliphatic heterocycles. The van der Waals surface area contributed by atoms with E-state index in [1.807, 2.05) is 21.1 Å². The molecule has 0 bridgehead atoms. The van der Waals surface area contributed by atoms with Gasteiger partial charge in [-0.15, -0.1) is 0 Å². The standard InChI is InChI=1S/C52H100NO8P/c1-6-8-10-12-14-16-18-20-22-24-26-28-30-32-34-36-38-40-42-44-51(54)58-48-50(49-60-62(56,57)59-47-46-53(3,4)5)61-52(55)45-43-41-39-37-35-33-31-29-27-25-23-21-19-17-15-13-11-9-7-2/h24-27,50H,6-23,28-49H2,1-5H3/p+1/b26-24-,27-25-/t50-/m1/s1. The van der Waals surface area contributed by atoms with Gasteiger partial charge < -0.3 is 18.9 Å². The third kappa shape index (κ3) is 48.0. The summed E-state index contributed by atoms with van der Waals surface area (Å²) in [5.41, 5.74) is 0. The molecular weight excluding hydrogens is 798 g/mol. The highest BCUT2D eigenvalue weighted by molar-refractivity contribution is 7.47. The Hall–Kier alpha value is -1.51. The summed E-state index contributed by atoms with van der Waals surface area (Å²) in [5, 5.41) is 0. The number of phosphoric acid groups is 1. The molecule has 9 nitrogen and oxygen atoms in total. The molecule has 0 saturated carbocycles. The van der Waals surface area contributed by atoms with Crippen molar-refractivity contribution >= 4 is 19.8 Å². The van der Waals surface area contributed by atoms with Crippen LogP contribution in [-0.2, 0) is 32.7 Å². The van der Waals surface area contributed by atoms with Crippen molar-refractivity contribution in [2.24, 2.45) is 0 Å². The van der Waals surface area contributed by atoms with Crippen molar-refractivity contribution in [3.05, 3.63) is 24.3 Å². The van der Waals surface area contributed by atoms with E-state index >= 15 is 0 Å². The van der Waals surface area contributed by atoms with Gasteiger partial charge in [-0.2, -0.15) is 0 Å². The Balaban J connectivity index is 4.25. The fourth-order valence-electron chi connectivity index (χ4n) is 7.36. The van der Waals surface area contributed by atoms with Crippen molar-refractivity contribution in [3.63, 3.8) is 0 Å². The number of nitrogens with zero attached hydrogens (tertiary/aromatic N) is 1. The fourth-order valence-corrected chi connectivity index (χ4v) is 8.10. The van der Waals surface area contributed by atoms with E-state index in [1.54, 1.807) is 0 Å². The summed E-state index contributed by atoms with van der Waals surface area (Å²) in [7, 11) is 1.48. The summed E-state index contributed by atoms with van der Waals surface area (Å²) in [5.74, 6) is -0.798. The van der Waals surface area contributed by atoms with Crippen LogP contribution in [-0.4, -0.2) is 74.9 Å². The maximum absolute atomic E-state index is 12.8. The van der Waals surface area contributed by atoms with Crippen LogP contribution in [0.3, 0.4) is 0 Å². The Morgan fingerprint density at radius 2 is 0.823 bits per heavy atom. The molecule has 0 radical (unpaired) electrons. The minimum atomic E-state index is -4.38. The van der Waals surface area contributed by atoms with Gasteiger partial charge in [0.1, 0.15) is 19.8 Å². The van der Waals surface area contributed by atoms with Gasteiger partial charge in [0.05, 0.1) is 27.7 Å². The number of hydrogen-bond donors (Lipinski definition) is 1. The smallest absolute Gasteiger partial charge is 0.462 e. The molecule has 10 heteroatoms. The summed E-state index contributed by atoms with van der Waals surface area (Å²) in [4.78, 5) is 35.5. The van der Waals surface area contributed by atoms with Gasteiger partial charge in [-0.3, -0.25) is 18.6 Å². The lowest BCUT2D eigenvalue weighted by Crippen LogP contribution is -2.37. The van der Waals surface area contributed by atoms with Crippen LogP contribution in [0.2, 0.25) is 0 Å². The first-order chi connectivity index (χ1) is 30.0. The second-order valence-corrected chi connectivity index (χ2v) is 20.4. The zero-order valence-electron chi connectivity index (χ0n) is 41.4. The molecule has 0 aromatic rings. The Morgan fingerprint density at radius 1 is 0.484 bits per heavy atom. The molecule has 0 fully saturated rings. The number of phosphoric ester groups is 1. The first-order valence-electron chi connectivity index (χ1n) is 26.1. The number of unbranched alkanes of at least 4 members (excludes halogenated alkanes) is 30. The summed E-state index contributed by atoms with van der Waals surface area (Å²) in [6.45, 7) is 4.45. The van der Waals surface area contributed by atoms with E-state index in [9.17, 15) is 19.0 Å². The number of allylic oxidation sites excluding steroid dienone is 4. The molecule has 0 spiro atoms. The van der Waals surface area contributed by atoms with Gasteiger partial charge >= 0.3 is 19.8 Å². The van der Waals surface area contributed by atoms with Gasteiger partial charge in [0.2, 0.25) is 0 Å². The van der Waals surface area contributed by atoms with E-state index in [0.717, 1.165) is 44.9 Å². The Labute approximate surface area is 383 Å². The van der Waals surface area contributed by atoms with Gasteiger partial charge in [0.15, 0.2) is 6.10 Å². The van der Waals surface area contributed by atoms with Crippen molar-refractivity contribution < 1.29 is 42.1 Å². The SMILES string of the molecule is CCCCCCCCCC/C=C\CCCCCCCCCC(=O)OC[C@H](COP(=O)(O)OCC[N+](C)(C)C)OC(=O)CCCCCCCCC/C=C\CCCCCCCCCC. The molecule has 0 amide bonds. The summed E-state index contributed by atoms with van der Waals surface area (Å²) >= 11 is 0. The molecule has 1 N–H and O–H groups in total. The first-order valence-corrected chi connectivity index (χ1v) is 27.6. The maximum atomic E-state index is 12.8. The predicted octanol–water partition coefficient (Wildman–Crippen LogP) is 15.5. The van der Waals surface area contributed by atoms with Crippen LogP contribution in [0.4, 0.5) is 0 Å². The Morgan fingerprint density at radius 3 is 1.19 bits per heavy atom.